The summed E-state index contributed by atoms with van der Waals surface area (Å²) >= 11 is 5.84. The molecule has 5 nitrogen and oxygen atoms in total. The van der Waals surface area contributed by atoms with Crippen molar-refractivity contribution >= 4 is 23.4 Å². The fraction of sp³-hybridized carbons (Fsp3) is 0.467. The highest BCUT2D eigenvalue weighted by atomic mass is 35.5. The lowest BCUT2D eigenvalue weighted by Gasteiger charge is -2.32. The van der Waals surface area contributed by atoms with E-state index in [1.54, 1.807) is 12.1 Å². The Morgan fingerprint density at radius 3 is 2.62 bits per heavy atom. The fourth-order valence-electron chi connectivity index (χ4n) is 2.34. The van der Waals surface area contributed by atoms with Gasteiger partial charge in [-0.2, -0.15) is 0 Å². The number of amides is 2. The molecule has 21 heavy (non-hydrogen) atoms. The maximum atomic E-state index is 12.1. The third-order valence-electron chi connectivity index (χ3n) is 3.88. The summed E-state index contributed by atoms with van der Waals surface area (Å²) in [5.74, 6) is -0.254. The number of hydrogen-bond acceptors (Lipinski definition) is 3. The van der Waals surface area contributed by atoms with Gasteiger partial charge < -0.3 is 15.7 Å². The van der Waals surface area contributed by atoms with Crippen LogP contribution in [0.5, 0.6) is 5.75 Å². The lowest BCUT2D eigenvalue weighted by molar-refractivity contribution is -0.138. The Labute approximate surface area is 128 Å². The number of hydrogen-bond donors (Lipinski definition) is 3. The van der Waals surface area contributed by atoms with Crippen molar-refractivity contribution < 1.29 is 14.7 Å². The van der Waals surface area contributed by atoms with Crippen LogP contribution in [-0.2, 0) is 16.0 Å². The van der Waals surface area contributed by atoms with Crippen LogP contribution in [0, 0.1) is 5.92 Å². The van der Waals surface area contributed by atoms with Crippen LogP contribution >= 0.6 is 11.6 Å². The summed E-state index contributed by atoms with van der Waals surface area (Å²) in [5.41, 5.74) is 0.778. The van der Waals surface area contributed by atoms with Crippen LogP contribution in [0.3, 0.4) is 0 Å². The van der Waals surface area contributed by atoms with E-state index in [9.17, 15) is 14.7 Å². The number of halogens is 1. The monoisotopic (exact) mass is 310 g/mol. The summed E-state index contributed by atoms with van der Waals surface area (Å²) in [6.45, 7) is 3.92. The molecule has 1 aliphatic rings. The molecule has 2 amide bonds. The SMILES string of the molecule is CC[C@@H](C)[C@H]1NC(=O)[C@H](Cc2ccc(O)c(Cl)c2)NC1=O. The molecule has 0 aliphatic carbocycles. The van der Waals surface area contributed by atoms with Crippen LogP contribution in [0.2, 0.25) is 5.02 Å². The van der Waals surface area contributed by atoms with Crippen LogP contribution in [0.15, 0.2) is 18.2 Å². The van der Waals surface area contributed by atoms with E-state index in [-0.39, 0.29) is 28.5 Å². The van der Waals surface area contributed by atoms with Crippen molar-refractivity contribution in [1.29, 1.82) is 0 Å². The van der Waals surface area contributed by atoms with Gasteiger partial charge in [0.2, 0.25) is 11.8 Å². The predicted octanol–water partition coefficient (Wildman–Crippen LogP) is 1.62. The van der Waals surface area contributed by atoms with Gasteiger partial charge in [-0.15, -0.1) is 0 Å². The first-order valence-corrected chi connectivity index (χ1v) is 7.38. The van der Waals surface area contributed by atoms with Gasteiger partial charge in [0.1, 0.15) is 17.8 Å². The van der Waals surface area contributed by atoms with Crippen LogP contribution in [0.1, 0.15) is 25.8 Å². The van der Waals surface area contributed by atoms with E-state index in [0.29, 0.717) is 6.42 Å². The summed E-state index contributed by atoms with van der Waals surface area (Å²) in [6.07, 6.45) is 1.15. The van der Waals surface area contributed by atoms with Gasteiger partial charge in [0.15, 0.2) is 0 Å². The Bertz CT molecular complexity index is 562. The molecule has 0 unspecified atom stereocenters. The van der Waals surface area contributed by atoms with E-state index in [1.165, 1.54) is 6.07 Å². The van der Waals surface area contributed by atoms with Gasteiger partial charge in [-0.3, -0.25) is 9.59 Å². The molecule has 0 radical (unpaired) electrons. The minimum Gasteiger partial charge on any atom is -0.506 e. The molecule has 3 N–H and O–H groups in total. The molecule has 1 saturated heterocycles. The Kier molecular flexibility index (Phi) is 4.73. The quantitative estimate of drug-likeness (QED) is 0.790. The molecule has 0 spiro atoms. The van der Waals surface area contributed by atoms with Crippen LogP contribution in [0.25, 0.3) is 0 Å². The maximum absolute atomic E-state index is 12.1. The topological polar surface area (TPSA) is 78.4 Å². The van der Waals surface area contributed by atoms with Crippen molar-refractivity contribution in [3.63, 3.8) is 0 Å². The first kappa shape index (κ1) is 15.6. The van der Waals surface area contributed by atoms with Crippen molar-refractivity contribution in [2.45, 2.75) is 38.8 Å². The third kappa shape index (κ3) is 3.47. The minimum atomic E-state index is -0.613. The standard InChI is InChI=1S/C15H19ClN2O3/c1-3-8(2)13-15(21)17-11(14(20)18-13)7-9-4-5-12(19)10(16)6-9/h4-6,8,11,13,19H,3,7H2,1-2H3,(H,17,21)(H,18,20)/t8-,11+,13-/m1/s1. The molecule has 1 fully saturated rings. The molecule has 0 bridgehead atoms. The van der Waals surface area contributed by atoms with Gasteiger partial charge in [0.25, 0.3) is 0 Å². The molecule has 1 aromatic rings. The second kappa shape index (κ2) is 6.35. The van der Waals surface area contributed by atoms with E-state index < -0.39 is 12.1 Å². The van der Waals surface area contributed by atoms with Gasteiger partial charge in [0.05, 0.1) is 5.02 Å². The molecule has 1 heterocycles. The van der Waals surface area contributed by atoms with E-state index >= 15 is 0 Å². The van der Waals surface area contributed by atoms with E-state index in [4.69, 9.17) is 11.6 Å². The Morgan fingerprint density at radius 1 is 1.29 bits per heavy atom. The van der Waals surface area contributed by atoms with Crippen molar-refractivity contribution in [3.8, 4) is 5.75 Å². The summed E-state index contributed by atoms with van der Waals surface area (Å²) in [7, 11) is 0. The largest absolute Gasteiger partial charge is 0.506 e. The average molecular weight is 311 g/mol. The van der Waals surface area contributed by atoms with E-state index in [1.807, 2.05) is 13.8 Å². The second-order valence-corrected chi connectivity index (χ2v) is 5.83. The molecule has 6 heteroatoms. The highest BCUT2D eigenvalue weighted by Crippen LogP contribution is 2.24. The Balaban J connectivity index is 2.07. The Morgan fingerprint density at radius 2 is 2.00 bits per heavy atom. The number of carbonyl (C=O) groups excluding carboxylic acids is 2. The number of phenols is 1. The normalized spacial score (nSPS) is 23.4. The molecular weight excluding hydrogens is 292 g/mol. The van der Waals surface area contributed by atoms with E-state index in [0.717, 1.165) is 12.0 Å². The maximum Gasteiger partial charge on any atom is 0.243 e. The third-order valence-corrected chi connectivity index (χ3v) is 4.18. The van der Waals surface area contributed by atoms with E-state index in [2.05, 4.69) is 10.6 Å². The van der Waals surface area contributed by atoms with Crippen molar-refractivity contribution in [2.24, 2.45) is 5.92 Å². The van der Waals surface area contributed by atoms with Gasteiger partial charge in [-0.25, -0.2) is 0 Å². The number of nitrogens with one attached hydrogen (secondary N) is 2. The molecule has 3 atom stereocenters. The zero-order valence-corrected chi connectivity index (χ0v) is 12.8. The molecule has 0 saturated carbocycles. The van der Waals surface area contributed by atoms with Crippen molar-refractivity contribution in [2.75, 3.05) is 0 Å². The summed E-state index contributed by atoms with van der Waals surface area (Å²) < 4.78 is 0. The molecule has 114 valence electrons. The lowest BCUT2D eigenvalue weighted by atomic mass is 9.94. The van der Waals surface area contributed by atoms with Crippen LogP contribution in [0.4, 0.5) is 0 Å². The average Bonchev–Trinajstić information content (AvgIpc) is 2.45. The van der Waals surface area contributed by atoms with Gasteiger partial charge in [-0.05, 0) is 23.6 Å². The Hall–Kier alpha value is -1.75. The molecular formula is C15H19ClN2O3. The summed E-state index contributed by atoms with van der Waals surface area (Å²) in [6, 6.07) is 3.67. The summed E-state index contributed by atoms with van der Waals surface area (Å²) in [4.78, 5) is 24.2. The molecule has 1 aliphatic heterocycles. The smallest absolute Gasteiger partial charge is 0.243 e. The van der Waals surface area contributed by atoms with Crippen molar-refractivity contribution in [3.05, 3.63) is 28.8 Å². The molecule has 0 aromatic heterocycles. The number of piperazine rings is 1. The number of phenolic OH excluding ortho intramolecular Hbond substituents is 1. The number of aromatic hydroxyl groups is 1. The van der Waals surface area contributed by atoms with Crippen molar-refractivity contribution in [1.82, 2.24) is 10.6 Å². The fourth-order valence-corrected chi connectivity index (χ4v) is 2.54. The van der Waals surface area contributed by atoms with Crippen LogP contribution < -0.4 is 10.6 Å². The zero-order valence-electron chi connectivity index (χ0n) is 12.0. The highest BCUT2D eigenvalue weighted by Gasteiger charge is 2.35. The highest BCUT2D eigenvalue weighted by molar-refractivity contribution is 6.32. The predicted molar refractivity (Wildman–Crippen MR) is 80.1 cm³/mol. The molecule has 2 rings (SSSR count). The first-order chi connectivity index (χ1) is 9.92. The van der Waals surface area contributed by atoms with Gasteiger partial charge >= 0.3 is 0 Å². The minimum absolute atomic E-state index is 0.00520. The number of carbonyl (C=O) groups is 2. The molecule has 1 aromatic carbocycles. The first-order valence-electron chi connectivity index (χ1n) is 7.00. The second-order valence-electron chi connectivity index (χ2n) is 5.42. The number of benzene rings is 1. The van der Waals surface area contributed by atoms with Crippen LogP contribution in [-0.4, -0.2) is 29.0 Å². The van der Waals surface area contributed by atoms with Gasteiger partial charge in [-0.1, -0.05) is 37.9 Å². The summed E-state index contributed by atoms with van der Waals surface area (Å²) in [5, 5.41) is 15.2. The zero-order chi connectivity index (χ0) is 15.6. The lowest BCUT2D eigenvalue weighted by Crippen LogP contribution is -2.63. The number of rotatable bonds is 4. The van der Waals surface area contributed by atoms with Gasteiger partial charge in [0, 0.05) is 6.42 Å².